The van der Waals surface area contributed by atoms with E-state index in [-0.39, 0.29) is 5.69 Å². The first-order chi connectivity index (χ1) is 10.2. The zero-order valence-electron chi connectivity index (χ0n) is 12.2. The van der Waals surface area contributed by atoms with Crippen molar-refractivity contribution < 1.29 is 9.90 Å². The Balaban J connectivity index is 2.02. The maximum absolute atomic E-state index is 11.3. The van der Waals surface area contributed by atoms with Gasteiger partial charge in [-0.25, -0.2) is 9.78 Å². The molecule has 1 aliphatic heterocycles. The zero-order valence-corrected chi connectivity index (χ0v) is 12.2. The second-order valence-electron chi connectivity index (χ2n) is 5.70. The van der Waals surface area contributed by atoms with Crippen molar-refractivity contribution in [3.8, 4) is 0 Å². The fourth-order valence-corrected chi connectivity index (χ4v) is 3.08. The number of aromatic carboxylic acids is 1. The summed E-state index contributed by atoms with van der Waals surface area (Å²) in [5, 5.41) is 11.2. The number of carboxylic acid groups (broad SMARTS) is 1. The van der Waals surface area contributed by atoms with Crippen molar-refractivity contribution >= 4 is 22.6 Å². The lowest BCUT2D eigenvalue weighted by Gasteiger charge is -2.33. The summed E-state index contributed by atoms with van der Waals surface area (Å²) in [6.45, 7) is 4.15. The number of carbonyl (C=O) groups is 1. The van der Waals surface area contributed by atoms with Gasteiger partial charge >= 0.3 is 5.97 Å². The number of hydrogen-bond donors (Lipinski definition) is 1. The van der Waals surface area contributed by atoms with Gasteiger partial charge in [0.1, 0.15) is 5.82 Å². The maximum atomic E-state index is 11.3. The summed E-state index contributed by atoms with van der Waals surface area (Å²) >= 11 is 0. The molecular weight excluding hydrogens is 264 g/mol. The Labute approximate surface area is 124 Å². The molecule has 21 heavy (non-hydrogen) atoms. The minimum atomic E-state index is -0.967. The minimum absolute atomic E-state index is 0.126. The van der Waals surface area contributed by atoms with E-state index >= 15 is 0 Å². The molecule has 1 aliphatic rings. The van der Waals surface area contributed by atoms with Gasteiger partial charge in [-0.2, -0.15) is 0 Å². The predicted molar refractivity (Wildman–Crippen MR) is 83.9 cm³/mol. The Morgan fingerprint density at radius 3 is 2.71 bits per heavy atom. The molecule has 2 heterocycles. The van der Waals surface area contributed by atoms with Crippen LogP contribution in [0.2, 0.25) is 0 Å². The van der Waals surface area contributed by atoms with E-state index in [0.29, 0.717) is 0 Å². The highest BCUT2D eigenvalue weighted by Gasteiger charge is 2.21. The molecule has 3 rings (SSSR count). The minimum Gasteiger partial charge on any atom is -0.477 e. The van der Waals surface area contributed by atoms with Crippen LogP contribution in [0.4, 0.5) is 5.82 Å². The number of aromatic nitrogens is 1. The Hall–Kier alpha value is -2.10. The molecule has 0 aliphatic carbocycles. The Morgan fingerprint density at radius 1 is 1.33 bits per heavy atom. The molecule has 1 fully saturated rings. The molecule has 1 aromatic heterocycles. The molecule has 4 nitrogen and oxygen atoms in total. The molecular formula is C17H20N2O2. The van der Waals surface area contributed by atoms with Crippen LogP contribution in [-0.4, -0.2) is 29.1 Å². The van der Waals surface area contributed by atoms with Gasteiger partial charge in [0.15, 0.2) is 5.69 Å². The van der Waals surface area contributed by atoms with Gasteiger partial charge in [-0.05, 0) is 30.2 Å². The van der Waals surface area contributed by atoms with Gasteiger partial charge in [0.2, 0.25) is 0 Å². The van der Waals surface area contributed by atoms with Gasteiger partial charge in [-0.3, -0.25) is 0 Å². The number of fused-ring (bicyclic) bond motifs is 1. The number of carboxylic acids is 1. The molecule has 1 saturated heterocycles. The van der Waals surface area contributed by atoms with Crippen molar-refractivity contribution in [3.05, 3.63) is 36.0 Å². The number of anilines is 1. The third-order valence-electron chi connectivity index (χ3n) is 4.43. The lowest BCUT2D eigenvalue weighted by atomic mass is 9.94. The summed E-state index contributed by atoms with van der Waals surface area (Å²) in [5.74, 6) is 0.640. The molecule has 1 aromatic carbocycles. The summed E-state index contributed by atoms with van der Waals surface area (Å²) in [4.78, 5) is 17.9. The second kappa shape index (κ2) is 5.72. The van der Waals surface area contributed by atoms with Gasteiger partial charge in [-0.1, -0.05) is 37.6 Å². The molecule has 0 bridgehead atoms. The number of nitrogens with zero attached hydrogens (tertiary/aromatic N) is 2. The van der Waals surface area contributed by atoms with Crippen LogP contribution in [0.1, 0.15) is 36.7 Å². The van der Waals surface area contributed by atoms with E-state index in [4.69, 9.17) is 0 Å². The summed E-state index contributed by atoms with van der Waals surface area (Å²) in [5.41, 5.74) is 0.126. The SMILES string of the molecule is CCC1CCN(c2nc(C(=O)O)cc3ccccc23)CC1. The van der Waals surface area contributed by atoms with Crippen LogP contribution in [-0.2, 0) is 0 Å². The largest absolute Gasteiger partial charge is 0.477 e. The summed E-state index contributed by atoms with van der Waals surface area (Å²) in [7, 11) is 0. The molecule has 0 atom stereocenters. The van der Waals surface area contributed by atoms with E-state index in [1.54, 1.807) is 6.07 Å². The quantitative estimate of drug-likeness (QED) is 0.936. The van der Waals surface area contributed by atoms with Crippen molar-refractivity contribution in [2.45, 2.75) is 26.2 Å². The molecule has 1 N–H and O–H groups in total. The average molecular weight is 284 g/mol. The molecule has 0 radical (unpaired) electrons. The Bertz CT molecular complexity index is 661. The van der Waals surface area contributed by atoms with Crippen molar-refractivity contribution in [1.82, 2.24) is 4.98 Å². The highest BCUT2D eigenvalue weighted by molar-refractivity contribution is 5.98. The van der Waals surface area contributed by atoms with Crippen LogP contribution in [0.5, 0.6) is 0 Å². The third-order valence-corrected chi connectivity index (χ3v) is 4.43. The van der Waals surface area contributed by atoms with Gasteiger partial charge in [0.05, 0.1) is 0 Å². The van der Waals surface area contributed by atoms with Crippen molar-refractivity contribution in [2.75, 3.05) is 18.0 Å². The molecule has 4 heteroatoms. The smallest absolute Gasteiger partial charge is 0.354 e. The normalized spacial score (nSPS) is 16.3. The monoisotopic (exact) mass is 284 g/mol. The first-order valence-electron chi connectivity index (χ1n) is 7.57. The van der Waals surface area contributed by atoms with E-state index < -0.39 is 5.97 Å². The lowest BCUT2D eigenvalue weighted by molar-refractivity contribution is 0.0691. The first-order valence-corrected chi connectivity index (χ1v) is 7.57. The van der Waals surface area contributed by atoms with E-state index in [1.807, 2.05) is 24.3 Å². The highest BCUT2D eigenvalue weighted by Crippen LogP contribution is 2.30. The average Bonchev–Trinajstić information content (AvgIpc) is 2.54. The first kappa shape index (κ1) is 13.9. The maximum Gasteiger partial charge on any atom is 0.354 e. The lowest BCUT2D eigenvalue weighted by Crippen LogP contribution is -2.34. The fourth-order valence-electron chi connectivity index (χ4n) is 3.08. The van der Waals surface area contributed by atoms with Crippen LogP contribution in [0.15, 0.2) is 30.3 Å². The summed E-state index contributed by atoms with van der Waals surface area (Å²) < 4.78 is 0. The van der Waals surface area contributed by atoms with Crippen LogP contribution in [0.25, 0.3) is 10.8 Å². The summed E-state index contributed by atoms with van der Waals surface area (Å²) in [6.07, 6.45) is 3.53. The van der Waals surface area contributed by atoms with Crippen molar-refractivity contribution in [3.63, 3.8) is 0 Å². The van der Waals surface area contributed by atoms with Crippen LogP contribution >= 0.6 is 0 Å². The Morgan fingerprint density at radius 2 is 2.05 bits per heavy atom. The number of hydrogen-bond acceptors (Lipinski definition) is 3. The van der Waals surface area contributed by atoms with E-state index in [1.165, 1.54) is 6.42 Å². The second-order valence-corrected chi connectivity index (χ2v) is 5.70. The number of benzene rings is 1. The van der Waals surface area contributed by atoms with E-state index in [9.17, 15) is 9.90 Å². The van der Waals surface area contributed by atoms with E-state index in [2.05, 4.69) is 16.8 Å². The van der Waals surface area contributed by atoms with Gasteiger partial charge < -0.3 is 10.0 Å². The molecule has 0 spiro atoms. The fraction of sp³-hybridized carbons (Fsp3) is 0.412. The van der Waals surface area contributed by atoms with Gasteiger partial charge in [-0.15, -0.1) is 0 Å². The van der Waals surface area contributed by atoms with Crippen LogP contribution < -0.4 is 4.90 Å². The summed E-state index contributed by atoms with van der Waals surface area (Å²) in [6, 6.07) is 9.54. The topological polar surface area (TPSA) is 53.4 Å². The molecule has 0 amide bonds. The zero-order chi connectivity index (χ0) is 14.8. The number of pyridine rings is 1. The number of piperidine rings is 1. The van der Waals surface area contributed by atoms with Crippen molar-refractivity contribution in [2.24, 2.45) is 5.92 Å². The molecule has 0 unspecified atom stereocenters. The number of rotatable bonds is 3. The standard InChI is InChI=1S/C17H20N2O2/c1-2-12-7-9-19(10-8-12)16-14-6-4-3-5-13(14)11-15(18-16)17(20)21/h3-6,11-12H,2,7-10H2,1H3,(H,20,21). The van der Waals surface area contributed by atoms with E-state index in [0.717, 1.165) is 48.4 Å². The molecule has 2 aromatic rings. The van der Waals surface area contributed by atoms with Crippen LogP contribution in [0.3, 0.4) is 0 Å². The van der Waals surface area contributed by atoms with Crippen molar-refractivity contribution in [1.29, 1.82) is 0 Å². The Kier molecular flexibility index (Phi) is 3.78. The third kappa shape index (κ3) is 2.71. The van der Waals surface area contributed by atoms with Gasteiger partial charge in [0, 0.05) is 18.5 Å². The van der Waals surface area contributed by atoms with Crippen LogP contribution in [0, 0.1) is 5.92 Å². The molecule has 110 valence electrons. The molecule has 0 saturated carbocycles. The highest BCUT2D eigenvalue weighted by atomic mass is 16.4. The van der Waals surface area contributed by atoms with Gasteiger partial charge in [0.25, 0.3) is 0 Å². The predicted octanol–water partition coefficient (Wildman–Crippen LogP) is 3.56.